The van der Waals surface area contributed by atoms with Crippen molar-refractivity contribution in [3.05, 3.63) is 62.7 Å². The summed E-state index contributed by atoms with van der Waals surface area (Å²) in [5.41, 5.74) is 1.99. The number of hydrogen-bond acceptors (Lipinski definition) is 7. The number of benzene rings is 2. The van der Waals surface area contributed by atoms with E-state index in [0.29, 0.717) is 13.1 Å². The molecule has 31 heavy (non-hydrogen) atoms. The molecule has 1 N–H and O–H groups in total. The van der Waals surface area contributed by atoms with Gasteiger partial charge in [0.15, 0.2) is 5.13 Å². The summed E-state index contributed by atoms with van der Waals surface area (Å²) in [6.07, 6.45) is 0. The molecule has 10 heteroatoms. The van der Waals surface area contributed by atoms with Gasteiger partial charge in [0.1, 0.15) is 5.56 Å². The fourth-order valence-electron chi connectivity index (χ4n) is 3.64. The number of carbonyl (C=O) groups is 1. The van der Waals surface area contributed by atoms with Crippen LogP contribution < -0.4 is 10.2 Å². The Morgan fingerprint density at radius 1 is 1.23 bits per heavy atom. The van der Waals surface area contributed by atoms with Gasteiger partial charge < -0.3 is 10.2 Å². The standard InChI is InChI=1S/C21H22ClN5O3S/c1-14-6-7-16(22)19-18(14)24-21(31-19)26-12-10-25(11-13-26)9-8-23-20(28)15-4-2-3-5-17(15)27(29)30/h2-7H,8-13H2,1H3,(H,23,28). The molecule has 0 atom stereocenters. The molecule has 162 valence electrons. The van der Waals surface area contributed by atoms with E-state index in [2.05, 4.69) is 15.1 Å². The monoisotopic (exact) mass is 459 g/mol. The molecule has 0 spiro atoms. The molecule has 1 aromatic heterocycles. The molecule has 1 amide bonds. The summed E-state index contributed by atoms with van der Waals surface area (Å²) in [6, 6.07) is 9.89. The molecule has 1 aliphatic heterocycles. The van der Waals surface area contributed by atoms with Crippen LogP contribution in [0.3, 0.4) is 0 Å². The normalized spacial score (nSPS) is 14.7. The Balaban J connectivity index is 1.29. The number of para-hydroxylation sites is 1. The van der Waals surface area contributed by atoms with Crippen LogP contribution in [0.4, 0.5) is 10.8 Å². The predicted molar refractivity (Wildman–Crippen MR) is 123 cm³/mol. The van der Waals surface area contributed by atoms with E-state index in [9.17, 15) is 14.9 Å². The lowest BCUT2D eigenvalue weighted by Gasteiger charge is -2.34. The SMILES string of the molecule is Cc1ccc(Cl)c2sc(N3CCN(CCNC(=O)c4ccccc4[N+](=O)[O-])CC3)nc12. The highest BCUT2D eigenvalue weighted by molar-refractivity contribution is 7.22. The lowest BCUT2D eigenvalue weighted by atomic mass is 10.1. The number of amides is 1. The number of nitrogens with one attached hydrogen (secondary N) is 1. The van der Waals surface area contributed by atoms with Crippen molar-refractivity contribution in [1.82, 2.24) is 15.2 Å². The first-order valence-electron chi connectivity index (χ1n) is 9.98. The molecule has 1 saturated heterocycles. The van der Waals surface area contributed by atoms with E-state index in [1.54, 1.807) is 23.5 Å². The highest BCUT2D eigenvalue weighted by Crippen LogP contribution is 2.35. The number of carbonyl (C=O) groups excluding carboxylic acids is 1. The third-order valence-corrected chi connectivity index (χ3v) is 6.96. The van der Waals surface area contributed by atoms with Gasteiger partial charge in [-0.3, -0.25) is 19.8 Å². The van der Waals surface area contributed by atoms with Gasteiger partial charge in [-0.1, -0.05) is 41.1 Å². The molecule has 0 bridgehead atoms. The molecule has 0 saturated carbocycles. The van der Waals surface area contributed by atoms with Crippen LogP contribution in [0, 0.1) is 17.0 Å². The van der Waals surface area contributed by atoms with Crippen molar-refractivity contribution in [1.29, 1.82) is 0 Å². The minimum absolute atomic E-state index is 0.0853. The van der Waals surface area contributed by atoms with Crippen molar-refractivity contribution in [3.8, 4) is 0 Å². The summed E-state index contributed by atoms with van der Waals surface area (Å²) >= 11 is 7.95. The highest BCUT2D eigenvalue weighted by atomic mass is 35.5. The third kappa shape index (κ3) is 4.63. The van der Waals surface area contributed by atoms with E-state index in [0.717, 1.165) is 52.1 Å². The molecule has 1 fully saturated rings. The van der Waals surface area contributed by atoms with Crippen molar-refractivity contribution in [2.24, 2.45) is 0 Å². The maximum atomic E-state index is 12.3. The highest BCUT2D eigenvalue weighted by Gasteiger charge is 2.22. The van der Waals surface area contributed by atoms with E-state index >= 15 is 0 Å². The first kappa shape index (κ1) is 21.5. The lowest BCUT2D eigenvalue weighted by Crippen LogP contribution is -2.48. The van der Waals surface area contributed by atoms with Crippen LogP contribution in [0.25, 0.3) is 10.2 Å². The zero-order valence-electron chi connectivity index (χ0n) is 17.0. The number of hydrogen-bond donors (Lipinski definition) is 1. The van der Waals surface area contributed by atoms with Gasteiger partial charge in [0.25, 0.3) is 11.6 Å². The van der Waals surface area contributed by atoms with Crippen LogP contribution in [-0.4, -0.2) is 60.0 Å². The molecule has 0 unspecified atom stereocenters. The second-order valence-corrected chi connectivity index (χ2v) is 8.78. The average Bonchev–Trinajstić information content (AvgIpc) is 3.24. The Morgan fingerprint density at radius 3 is 2.68 bits per heavy atom. The summed E-state index contributed by atoms with van der Waals surface area (Å²) in [5.74, 6) is -0.423. The van der Waals surface area contributed by atoms with E-state index < -0.39 is 10.8 Å². The van der Waals surface area contributed by atoms with Gasteiger partial charge in [0, 0.05) is 45.3 Å². The summed E-state index contributed by atoms with van der Waals surface area (Å²) in [7, 11) is 0. The number of aromatic nitrogens is 1. The number of rotatable bonds is 6. The topological polar surface area (TPSA) is 91.6 Å². The van der Waals surface area contributed by atoms with Gasteiger partial charge in [-0.2, -0.15) is 0 Å². The van der Waals surface area contributed by atoms with E-state index in [1.807, 2.05) is 19.1 Å². The number of halogens is 1. The number of nitro groups is 1. The average molecular weight is 460 g/mol. The number of anilines is 1. The van der Waals surface area contributed by atoms with Gasteiger partial charge in [-0.15, -0.1) is 0 Å². The van der Waals surface area contributed by atoms with Crippen molar-refractivity contribution < 1.29 is 9.72 Å². The van der Waals surface area contributed by atoms with E-state index in [-0.39, 0.29) is 11.3 Å². The maximum Gasteiger partial charge on any atom is 0.282 e. The largest absolute Gasteiger partial charge is 0.351 e. The Bertz CT molecular complexity index is 1090. The second kappa shape index (κ2) is 9.17. The molecule has 3 aromatic rings. The molecular weight excluding hydrogens is 438 g/mol. The van der Waals surface area contributed by atoms with E-state index in [4.69, 9.17) is 16.6 Å². The van der Waals surface area contributed by atoms with Crippen LogP contribution in [0.5, 0.6) is 0 Å². The number of nitrogens with zero attached hydrogens (tertiary/aromatic N) is 4. The first-order valence-corrected chi connectivity index (χ1v) is 11.2. The molecule has 0 radical (unpaired) electrons. The van der Waals surface area contributed by atoms with Crippen LogP contribution in [0.2, 0.25) is 5.02 Å². The van der Waals surface area contributed by atoms with E-state index in [1.165, 1.54) is 12.1 Å². The minimum Gasteiger partial charge on any atom is -0.351 e. The van der Waals surface area contributed by atoms with Crippen LogP contribution >= 0.6 is 22.9 Å². The maximum absolute atomic E-state index is 12.3. The van der Waals surface area contributed by atoms with Gasteiger partial charge in [0.2, 0.25) is 0 Å². The Kier molecular flexibility index (Phi) is 6.35. The Morgan fingerprint density at radius 2 is 1.97 bits per heavy atom. The molecule has 0 aliphatic carbocycles. The zero-order valence-corrected chi connectivity index (χ0v) is 18.6. The molecule has 1 aliphatic rings. The van der Waals surface area contributed by atoms with Crippen molar-refractivity contribution >= 4 is 49.9 Å². The van der Waals surface area contributed by atoms with Gasteiger partial charge in [0.05, 0.1) is 20.2 Å². The summed E-state index contributed by atoms with van der Waals surface area (Å²) in [6.45, 7) is 6.54. The Hall–Kier alpha value is -2.75. The van der Waals surface area contributed by atoms with Crippen LogP contribution in [0.1, 0.15) is 15.9 Å². The fraction of sp³-hybridized carbons (Fsp3) is 0.333. The van der Waals surface area contributed by atoms with Crippen molar-refractivity contribution in [3.63, 3.8) is 0 Å². The minimum atomic E-state index is -0.537. The molecule has 2 heterocycles. The first-order chi connectivity index (χ1) is 14.9. The number of fused-ring (bicyclic) bond motifs is 1. The number of piperazine rings is 1. The quantitative estimate of drug-likeness (QED) is 0.446. The van der Waals surface area contributed by atoms with Crippen molar-refractivity contribution in [2.75, 3.05) is 44.2 Å². The molecule has 2 aromatic carbocycles. The number of thiazole rings is 1. The summed E-state index contributed by atoms with van der Waals surface area (Å²) in [5, 5.41) is 15.6. The number of nitro benzene ring substituents is 1. The second-order valence-electron chi connectivity index (χ2n) is 7.40. The Labute approximate surface area is 188 Å². The van der Waals surface area contributed by atoms with Crippen LogP contribution in [-0.2, 0) is 0 Å². The third-order valence-electron chi connectivity index (χ3n) is 5.39. The molecular formula is C21H22ClN5O3S. The molecule has 8 nitrogen and oxygen atoms in total. The van der Waals surface area contributed by atoms with Gasteiger partial charge in [-0.05, 0) is 24.6 Å². The van der Waals surface area contributed by atoms with Crippen molar-refractivity contribution in [2.45, 2.75) is 6.92 Å². The van der Waals surface area contributed by atoms with Gasteiger partial charge >= 0.3 is 0 Å². The number of aryl methyl sites for hydroxylation is 1. The summed E-state index contributed by atoms with van der Waals surface area (Å²) < 4.78 is 1.02. The predicted octanol–water partition coefficient (Wildman–Crippen LogP) is 3.72. The fourth-order valence-corrected chi connectivity index (χ4v) is 5.00. The van der Waals surface area contributed by atoms with Gasteiger partial charge in [-0.25, -0.2) is 4.98 Å². The van der Waals surface area contributed by atoms with Crippen LogP contribution in [0.15, 0.2) is 36.4 Å². The zero-order chi connectivity index (χ0) is 22.0. The lowest BCUT2D eigenvalue weighted by molar-refractivity contribution is -0.385. The summed E-state index contributed by atoms with van der Waals surface area (Å²) in [4.78, 5) is 32.2. The molecule has 4 rings (SSSR count). The smallest absolute Gasteiger partial charge is 0.282 e.